The second-order valence-corrected chi connectivity index (χ2v) is 3.43. The zero-order chi connectivity index (χ0) is 9.56. The molecule has 0 fully saturated rings. The van der Waals surface area contributed by atoms with E-state index in [4.69, 9.17) is 5.73 Å². The first-order valence-corrected chi connectivity index (χ1v) is 4.68. The summed E-state index contributed by atoms with van der Waals surface area (Å²) in [6, 6.07) is 0. The van der Waals surface area contributed by atoms with Crippen molar-refractivity contribution >= 4 is 0 Å². The summed E-state index contributed by atoms with van der Waals surface area (Å²) in [5.74, 6) is 0. The van der Waals surface area contributed by atoms with Gasteiger partial charge in [0.1, 0.15) is 0 Å². The van der Waals surface area contributed by atoms with Crippen LogP contribution in [-0.2, 0) is 0 Å². The van der Waals surface area contributed by atoms with Gasteiger partial charge in [-0.3, -0.25) is 0 Å². The van der Waals surface area contributed by atoms with E-state index in [1.807, 2.05) is 0 Å². The third kappa shape index (κ3) is 3.61. The first-order chi connectivity index (χ1) is 5.63. The monoisotopic (exact) mass is 167 g/mol. The summed E-state index contributed by atoms with van der Waals surface area (Å²) in [5.41, 5.74) is 9.53. The molecule has 1 nitrogen and oxygen atoms in total. The molecule has 0 aliphatic rings. The maximum absolute atomic E-state index is 5.49. The molecule has 0 aromatic heterocycles. The Morgan fingerprint density at radius 1 is 1.25 bits per heavy atom. The Kier molecular flexibility index (Phi) is 5.52. The van der Waals surface area contributed by atoms with Crippen LogP contribution in [-0.4, -0.2) is 0 Å². The maximum Gasteiger partial charge on any atom is -0.00298 e. The van der Waals surface area contributed by atoms with Gasteiger partial charge < -0.3 is 5.73 Å². The zero-order valence-electron chi connectivity index (χ0n) is 8.78. The summed E-state index contributed by atoms with van der Waals surface area (Å²) >= 11 is 0. The highest BCUT2D eigenvalue weighted by Gasteiger charge is 2.00. The number of rotatable bonds is 4. The van der Waals surface area contributed by atoms with E-state index in [2.05, 4.69) is 27.7 Å². The lowest BCUT2D eigenvalue weighted by atomic mass is 9.98. The SMILES string of the molecule is CCCCC(=C(C)C)/C(C)=C\N. The van der Waals surface area contributed by atoms with Crippen LogP contribution in [0.3, 0.4) is 0 Å². The standard InChI is InChI=1S/C11H21N/c1-5-6-7-11(9(2)3)10(4)8-12/h8H,5-7,12H2,1-4H3/b10-8-. The van der Waals surface area contributed by atoms with Crippen molar-refractivity contribution in [3.63, 3.8) is 0 Å². The third-order valence-corrected chi connectivity index (χ3v) is 2.11. The minimum absolute atomic E-state index is 1.17. The molecule has 12 heavy (non-hydrogen) atoms. The van der Waals surface area contributed by atoms with Crippen LogP contribution >= 0.6 is 0 Å². The van der Waals surface area contributed by atoms with Gasteiger partial charge in [0.15, 0.2) is 0 Å². The van der Waals surface area contributed by atoms with Gasteiger partial charge in [-0.25, -0.2) is 0 Å². The van der Waals surface area contributed by atoms with Gasteiger partial charge in [0.2, 0.25) is 0 Å². The highest BCUT2D eigenvalue weighted by Crippen LogP contribution is 2.19. The minimum atomic E-state index is 1.17. The zero-order valence-corrected chi connectivity index (χ0v) is 8.78. The molecule has 0 aromatic rings. The minimum Gasteiger partial charge on any atom is -0.404 e. The van der Waals surface area contributed by atoms with Crippen LogP contribution in [0.2, 0.25) is 0 Å². The third-order valence-electron chi connectivity index (χ3n) is 2.11. The highest BCUT2D eigenvalue weighted by atomic mass is 14.5. The van der Waals surface area contributed by atoms with Crippen LogP contribution in [0, 0.1) is 0 Å². The molecule has 0 aliphatic heterocycles. The molecule has 0 aliphatic carbocycles. The smallest absolute Gasteiger partial charge is 0.00298 e. The summed E-state index contributed by atoms with van der Waals surface area (Å²) in [4.78, 5) is 0. The summed E-state index contributed by atoms with van der Waals surface area (Å²) in [5, 5.41) is 0. The second kappa shape index (κ2) is 5.87. The van der Waals surface area contributed by atoms with E-state index in [0.717, 1.165) is 0 Å². The molecule has 0 amide bonds. The van der Waals surface area contributed by atoms with Gasteiger partial charge in [-0.2, -0.15) is 0 Å². The molecule has 0 saturated heterocycles. The first kappa shape index (κ1) is 11.3. The molecule has 0 spiro atoms. The van der Waals surface area contributed by atoms with Crippen molar-refractivity contribution in [2.24, 2.45) is 5.73 Å². The van der Waals surface area contributed by atoms with Crippen molar-refractivity contribution in [1.29, 1.82) is 0 Å². The lowest BCUT2D eigenvalue weighted by Gasteiger charge is -2.09. The molecule has 0 atom stereocenters. The number of unbranched alkanes of at least 4 members (excludes halogenated alkanes) is 1. The van der Waals surface area contributed by atoms with E-state index in [0.29, 0.717) is 0 Å². The molecule has 0 rings (SSSR count). The Balaban J connectivity index is 4.37. The van der Waals surface area contributed by atoms with Crippen molar-refractivity contribution in [1.82, 2.24) is 0 Å². The van der Waals surface area contributed by atoms with E-state index < -0.39 is 0 Å². The van der Waals surface area contributed by atoms with Crippen molar-refractivity contribution < 1.29 is 0 Å². The fourth-order valence-electron chi connectivity index (χ4n) is 1.30. The molecular weight excluding hydrogens is 146 g/mol. The van der Waals surface area contributed by atoms with Gasteiger partial charge in [-0.15, -0.1) is 0 Å². The van der Waals surface area contributed by atoms with Crippen LogP contribution in [0.25, 0.3) is 0 Å². The van der Waals surface area contributed by atoms with Gasteiger partial charge in [-0.05, 0) is 51.0 Å². The molecule has 70 valence electrons. The predicted octanol–water partition coefficient (Wildman–Crippen LogP) is 3.38. The molecule has 0 radical (unpaired) electrons. The summed E-state index contributed by atoms with van der Waals surface area (Å²) in [6.07, 6.45) is 5.37. The molecule has 0 bridgehead atoms. The van der Waals surface area contributed by atoms with Crippen LogP contribution < -0.4 is 5.73 Å². The van der Waals surface area contributed by atoms with E-state index in [9.17, 15) is 0 Å². The molecule has 0 aromatic carbocycles. The summed E-state index contributed by atoms with van der Waals surface area (Å²) in [6.45, 7) is 8.60. The number of hydrogen-bond acceptors (Lipinski definition) is 1. The van der Waals surface area contributed by atoms with Crippen molar-refractivity contribution in [2.75, 3.05) is 0 Å². The van der Waals surface area contributed by atoms with Gasteiger partial charge in [0, 0.05) is 0 Å². The van der Waals surface area contributed by atoms with E-state index in [1.165, 1.54) is 36.0 Å². The normalized spacial score (nSPS) is 11.5. The Morgan fingerprint density at radius 3 is 2.17 bits per heavy atom. The lowest BCUT2D eigenvalue weighted by molar-refractivity contribution is 0.784. The van der Waals surface area contributed by atoms with E-state index in [-0.39, 0.29) is 0 Å². The fraction of sp³-hybridized carbons (Fsp3) is 0.636. The fourth-order valence-corrected chi connectivity index (χ4v) is 1.30. The van der Waals surface area contributed by atoms with Gasteiger partial charge >= 0.3 is 0 Å². The number of hydrogen-bond donors (Lipinski definition) is 1. The first-order valence-electron chi connectivity index (χ1n) is 4.68. The van der Waals surface area contributed by atoms with E-state index in [1.54, 1.807) is 6.20 Å². The van der Waals surface area contributed by atoms with Gasteiger partial charge in [0.25, 0.3) is 0 Å². The average Bonchev–Trinajstić information content (AvgIpc) is 2.04. The number of nitrogens with two attached hydrogens (primary N) is 1. The maximum atomic E-state index is 5.49. The Labute approximate surface area is 76.3 Å². The molecular formula is C11H21N. The van der Waals surface area contributed by atoms with Gasteiger partial charge in [0.05, 0.1) is 0 Å². The predicted molar refractivity (Wildman–Crippen MR) is 55.8 cm³/mol. The highest BCUT2D eigenvalue weighted by molar-refractivity contribution is 5.31. The molecule has 0 saturated carbocycles. The Hall–Kier alpha value is -0.720. The Bertz CT molecular complexity index is 183. The summed E-state index contributed by atoms with van der Waals surface area (Å²) < 4.78 is 0. The number of allylic oxidation sites excluding steroid dienone is 3. The lowest BCUT2D eigenvalue weighted by Crippen LogP contribution is -1.93. The van der Waals surface area contributed by atoms with Crippen molar-refractivity contribution in [3.8, 4) is 0 Å². The van der Waals surface area contributed by atoms with Crippen LogP contribution in [0.15, 0.2) is 22.9 Å². The van der Waals surface area contributed by atoms with Crippen molar-refractivity contribution in [2.45, 2.75) is 47.0 Å². The molecule has 0 unspecified atom stereocenters. The van der Waals surface area contributed by atoms with Gasteiger partial charge in [-0.1, -0.05) is 18.9 Å². The molecule has 1 heteroatoms. The van der Waals surface area contributed by atoms with Crippen molar-refractivity contribution in [3.05, 3.63) is 22.9 Å². The largest absolute Gasteiger partial charge is 0.404 e. The topological polar surface area (TPSA) is 26.0 Å². The summed E-state index contributed by atoms with van der Waals surface area (Å²) in [7, 11) is 0. The molecule has 0 heterocycles. The second-order valence-electron chi connectivity index (χ2n) is 3.43. The van der Waals surface area contributed by atoms with E-state index >= 15 is 0 Å². The molecule has 2 N–H and O–H groups in total. The van der Waals surface area contributed by atoms with Crippen LogP contribution in [0.5, 0.6) is 0 Å². The van der Waals surface area contributed by atoms with Crippen LogP contribution in [0.4, 0.5) is 0 Å². The quantitative estimate of drug-likeness (QED) is 0.638. The Morgan fingerprint density at radius 2 is 1.83 bits per heavy atom. The average molecular weight is 167 g/mol. The van der Waals surface area contributed by atoms with Crippen LogP contribution in [0.1, 0.15) is 47.0 Å².